The number of esters is 2. The van der Waals surface area contributed by atoms with Crippen LogP contribution in [0.3, 0.4) is 0 Å². The van der Waals surface area contributed by atoms with E-state index in [2.05, 4.69) is 10.6 Å². The van der Waals surface area contributed by atoms with E-state index in [1.54, 1.807) is 6.92 Å². The van der Waals surface area contributed by atoms with Gasteiger partial charge >= 0.3 is 11.9 Å². The summed E-state index contributed by atoms with van der Waals surface area (Å²) in [6.07, 6.45) is -0.799. The Bertz CT molecular complexity index is 1450. The Kier molecular flexibility index (Phi) is 8.20. The van der Waals surface area contributed by atoms with Gasteiger partial charge in [0, 0.05) is 18.7 Å². The molecule has 1 aliphatic rings. The molecule has 0 radical (unpaired) electrons. The maximum absolute atomic E-state index is 13.2. The monoisotopic (exact) mass is 550 g/mol. The zero-order valence-electron chi connectivity index (χ0n) is 21.2. The van der Waals surface area contributed by atoms with Crippen LogP contribution in [0.25, 0.3) is 0 Å². The van der Waals surface area contributed by atoms with Crippen molar-refractivity contribution in [1.29, 1.82) is 0 Å². The first-order chi connectivity index (χ1) is 19.1. The van der Waals surface area contributed by atoms with Gasteiger partial charge in [-0.05, 0) is 55.5 Å². The van der Waals surface area contributed by atoms with Crippen LogP contribution in [0, 0.1) is 0 Å². The SMILES string of the molecule is CCOC(=O)c1cccc(O)c1C(=O)c1c(O)cc(C(=O)O[C@@H]2CNC[C@H]2NC(=O)c2ccc(O)cc2)cc1O. The third-order valence-electron chi connectivity index (χ3n) is 6.19. The van der Waals surface area contributed by atoms with E-state index < -0.39 is 64.2 Å². The van der Waals surface area contributed by atoms with Crippen LogP contribution in [0.2, 0.25) is 0 Å². The van der Waals surface area contributed by atoms with Crippen LogP contribution < -0.4 is 10.6 Å². The van der Waals surface area contributed by atoms with Crippen LogP contribution in [0.5, 0.6) is 23.0 Å². The van der Waals surface area contributed by atoms with E-state index >= 15 is 0 Å². The second-order valence-corrected chi connectivity index (χ2v) is 8.87. The predicted octanol–water partition coefficient (Wildman–Crippen LogP) is 1.84. The van der Waals surface area contributed by atoms with Crippen molar-refractivity contribution < 1.29 is 49.1 Å². The molecular weight excluding hydrogens is 524 g/mol. The van der Waals surface area contributed by atoms with E-state index in [1.807, 2.05) is 0 Å². The summed E-state index contributed by atoms with van der Waals surface area (Å²) in [5.41, 5.74) is -1.41. The molecule has 1 aliphatic heterocycles. The molecule has 1 heterocycles. The molecule has 0 aromatic heterocycles. The number of phenols is 4. The second-order valence-electron chi connectivity index (χ2n) is 8.87. The molecule has 2 atom stereocenters. The van der Waals surface area contributed by atoms with Crippen molar-refractivity contribution >= 4 is 23.6 Å². The van der Waals surface area contributed by atoms with Gasteiger partial charge in [-0.3, -0.25) is 9.59 Å². The fourth-order valence-corrected chi connectivity index (χ4v) is 4.24. The fraction of sp³-hybridized carbons (Fsp3) is 0.214. The van der Waals surface area contributed by atoms with Gasteiger partial charge in [-0.15, -0.1) is 0 Å². The summed E-state index contributed by atoms with van der Waals surface area (Å²) in [6.45, 7) is 2.08. The molecule has 1 saturated heterocycles. The van der Waals surface area contributed by atoms with E-state index in [-0.39, 0.29) is 30.0 Å². The summed E-state index contributed by atoms with van der Waals surface area (Å²) in [5.74, 6) is -5.52. The lowest BCUT2D eigenvalue weighted by molar-refractivity contribution is 0.0282. The Morgan fingerprint density at radius 1 is 0.850 bits per heavy atom. The first-order valence-electron chi connectivity index (χ1n) is 12.2. The highest BCUT2D eigenvalue weighted by Gasteiger charge is 2.33. The molecule has 12 nitrogen and oxygen atoms in total. The summed E-state index contributed by atoms with van der Waals surface area (Å²) < 4.78 is 10.4. The van der Waals surface area contributed by atoms with E-state index in [9.17, 15) is 39.6 Å². The van der Waals surface area contributed by atoms with Crippen molar-refractivity contribution in [2.24, 2.45) is 0 Å². The van der Waals surface area contributed by atoms with Crippen molar-refractivity contribution in [3.8, 4) is 23.0 Å². The molecule has 3 aromatic rings. The van der Waals surface area contributed by atoms with E-state index in [1.165, 1.54) is 36.4 Å². The predicted molar refractivity (Wildman–Crippen MR) is 139 cm³/mol. The summed E-state index contributed by atoms with van der Waals surface area (Å²) in [6, 6.07) is 10.6. The van der Waals surface area contributed by atoms with Gasteiger partial charge in [0.15, 0.2) is 0 Å². The first-order valence-corrected chi connectivity index (χ1v) is 12.2. The summed E-state index contributed by atoms with van der Waals surface area (Å²) in [5, 5.41) is 46.6. The molecular formula is C28H26N2O10. The lowest BCUT2D eigenvalue weighted by atomic mass is 9.95. The maximum Gasteiger partial charge on any atom is 0.339 e. The minimum absolute atomic E-state index is 0.00474. The summed E-state index contributed by atoms with van der Waals surface area (Å²) >= 11 is 0. The third kappa shape index (κ3) is 5.81. The van der Waals surface area contributed by atoms with Crippen molar-refractivity contribution in [1.82, 2.24) is 10.6 Å². The van der Waals surface area contributed by atoms with Crippen molar-refractivity contribution in [3.05, 3.63) is 82.4 Å². The van der Waals surface area contributed by atoms with Crippen LogP contribution in [-0.2, 0) is 9.47 Å². The fourth-order valence-electron chi connectivity index (χ4n) is 4.24. The molecule has 6 N–H and O–H groups in total. The molecule has 0 bridgehead atoms. The summed E-state index contributed by atoms with van der Waals surface area (Å²) in [4.78, 5) is 50.9. The first kappa shape index (κ1) is 27.9. The Hall–Kier alpha value is -5.10. The minimum Gasteiger partial charge on any atom is -0.508 e. The average Bonchev–Trinajstić information content (AvgIpc) is 3.34. The Balaban J connectivity index is 1.52. The zero-order valence-corrected chi connectivity index (χ0v) is 21.2. The number of amides is 1. The number of carbonyl (C=O) groups is 4. The van der Waals surface area contributed by atoms with Gasteiger partial charge in [-0.25, -0.2) is 9.59 Å². The number of hydrogen-bond donors (Lipinski definition) is 6. The van der Waals surface area contributed by atoms with Crippen LogP contribution in [0.4, 0.5) is 0 Å². The van der Waals surface area contributed by atoms with Gasteiger partial charge in [0.2, 0.25) is 5.78 Å². The van der Waals surface area contributed by atoms with Crippen molar-refractivity contribution in [3.63, 3.8) is 0 Å². The zero-order chi connectivity index (χ0) is 29.0. The Labute approximate surface area is 227 Å². The highest BCUT2D eigenvalue weighted by molar-refractivity contribution is 6.18. The quantitative estimate of drug-likeness (QED) is 0.177. The molecule has 4 rings (SSSR count). The van der Waals surface area contributed by atoms with Crippen molar-refractivity contribution in [2.75, 3.05) is 19.7 Å². The number of nitrogens with one attached hydrogen (secondary N) is 2. The van der Waals surface area contributed by atoms with Crippen LogP contribution in [-0.4, -0.2) is 75.9 Å². The molecule has 0 spiro atoms. The molecule has 12 heteroatoms. The molecule has 208 valence electrons. The number of ether oxygens (including phenoxy) is 2. The van der Waals surface area contributed by atoms with Crippen LogP contribution in [0.15, 0.2) is 54.6 Å². The number of rotatable bonds is 8. The standard InChI is InChI=1S/C28H26N2O10/c1-2-39-28(38)17-4-3-5-19(32)23(17)25(35)24-20(33)10-15(11-21(24)34)27(37)40-22-13-29-12-18(22)30-26(36)14-6-8-16(31)9-7-14/h3-11,18,22,29,31-34H,2,12-13H2,1H3,(H,30,36)/t18-,22-/m1/s1. The molecule has 0 unspecified atom stereocenters. The minimum atomic E-state index is -1.08. The molecule has 1 amide bonds. The lowest BCUT2D eigenvalue weighted by Crippen LogP contribution is -2.44. The number of ketones is 1. The van der Waals surface area contributed by atoms with E-state index in [4.69, 9.17) is 9.47 Å². The average molecular weight is 551 g/mol. The number of carbonyl (C=O) groups excluding carboxylic acids is 4. The third-order valence-corrected chi connectivity index (χ3v) is 6.19. The molecule has 1 fully saturated rings. The molecule has 40 heavy (non-hydrogen) atoms. The smallest absolute Gasteiger partial charge is 0.339 e. The Morgan fingerprint density at radius 2 is 1.52 bits per heavy atom. The lowest BCUT2D eigenvalue weighted by Gasteiger charge is -2.21. The number of phenolic OH excluding ortho intramolecular Hbond substituents is 4. The normalized spacial score (nSPS) is 16.2. The van der Waals surface area contributed by atoms with Crippen LogP contribution >= 0.6 is 0 Å². The number of benzene rings is 3. The maximum atomic E-state index is 13.2. The number of hydrogen-bond acceptors (Lipinski definition) is 11. The Morgan fingerprint density at radius 3 is 2.17 bits per heavy atom. The molecule has 0 saturated carbocycles. The van der Waals surface area contributed by atoms with E-state index in [0.29, 0.717) is 12.1 Å². The highest BCUT2D eigenvalue weighted by atomic mass is 16.5. The summed E-state index contributed by atoms with van der Waals surface area (Å²) in [7, 11) is 0. The van der Waals surface area contributed by atoms with Gasteiger partial charge < -0.3 is 40.5 Å². The van der Waals surface area contributed by atoms with E-state index in [0.717, 1.165) is 18.2 Å². The van der Waals surface area contributed by atoms with Gasteiger partial charge in [0.1, 0.15) is 34.7 Å². The molecule has 0 aliphatic carbocycles. The van der Waals surface area contributed by atoms with Gasteiger partial charge in [0.05, 0.1) is 29.3 Å². The van der Waals surface area contributed by atoms with Gasteiger partial charge in [-0.1, -0.05) is 6.07 Å². The van der Waals surface area contributed by atoms with Gasteiger partial charge in [0.25, 0.3) is 5.91 Å². The van der Waals surface area contributed by atoms with Crippen LogP contribution in [0.1, 0.15) is 53.9 Å². The second kappa shape index (κ2) is 11.7. The topological polar surface area (TPSA) is 192 Å². The van der Waals surface area contributed by atoms with Crippen molar-refractivity contribution in [2.45, 2.75) is 19.1 Å². The largest absolute Gasteiger partial charge is 0.508 e. The highest BCUT2D eigenvalue weighted by Crippen LogP contribution is 2.35. The van der Waals surface area contributed by atoms with Gasteiger partial charge in [-0.2, -0.15) is 0 Å². The molecule has 3 aromatic carbocycles. The number of aromatic hydroxyl groups is 4.